The first-order valence-corrected chi connectivity index (χ1v) is 6.71. The molecule has 0 radical (unpaired) electrons. The molecule has 2 aromatic heterocycles. The van der Waals surface area contributed by atoms with E-state index in [1.54, 1.807) is 16.8 Å². The SMILES string of the molecule is OC(c1cscn1)c1cccc2ccsc12. The van der Waals surface area contributed by atoms with E-state index in [0.717, 1.165) is 16.0 Å². The van der Waals surface area contributed by atoms with Crippen LogP contribution in [-0.4, -0.2) is 10.1 Å². The van der Waals surface area contributed by atoms with Gasteiger partial charge in [-0.2, -0.15) is 0 Å². The summed E-state index contributed by atoms with van der Waals surface area (Å²) in [7, 11) is 0. The Hall–Kier alpha value is -1.23. The lowest BCUT2D eigenvalue weighted by Gasteiger charge is -2.09. The number of aliphatic hydroxyl groups is 1. The van der Waals surface area contributed by atoms with Gasteiger partial charge in [-0.1, -0.05) is 18.2 Å². The van der Waals surface area contributed by atoms with Crippen LogP contribution in [0.4, 0.5) is 0 Å². The van der Waals surface area contributed by atoms with Crippen molar-refractivity contribution >= 4 is 32.8 Å². The molecule has 0 amide bonds. The van der Waals surface area contributed by atoms with Gasteiger partial charge in [0, 0.05) is 15.6 Å². The van der Waals surface area contributed by atoms with Gasteiger partial charge in [-0.15, -0.1) is 22.7 Å². The molecule has 0 aliphatic rings. The molecule has 2 heterocycles. The maximum atomic E-state index is 10.2. The Morgan fingerprint density at radius 1 is 1.25 bits per heavy atom. The largest absolute Gasteiger partial charge is 0.382 e. The zero-order chi connectivity index (χ0) is 11.0. The second-order valence-corrected chi connectivity index (χ2v) is 5.14. The van der Waals surface area contributed by atoms with Crippen LogP contribution in [0.3, 0.4) is 0 Å². The minimum atomic E-state index is -0.617. The van der Waals surface area contributed by atoms with Crippen LogP contribution in [0.15, 0.2) is 40.5 Å². The van der Waals surface area contributed by atoms with E-state index in [4.69, 9.17) is 0 Å². The fourth-order valence-corrected chi connectivity index (χ4v) is 3.26. The van der Waals surface area contributed by atoms with Crippen molar-refractivity contribution in [1.82, 2.24) is 4.98 Å². The molecule has 1 N–H and O–H groups in total. The van der Waals surface area contributed by atoms with E-state index < -0.39 is 6.10 Å². The standard InChI is InChI=1S/C12H9NOS2/c14-11(10-6-15-7-13-10)9-3-1-2-8-4-5-16-12(8)9/h1-7,11,14H. The highest BCUT2D eigenvalue weighted by Gasteiger charge is 2.15. The molecule has 1 aromatic carbocycles. The van der Waals surface area contributed by atoms with Gasteiger partial charge in [0.2, 0.25) is 0 Å². The van der Waals surface area contributed by atoms with Crippen LogP contribution in [0.2, 0.25) is 0 Å². The number of thiophene rings is 1. The highest BCUT2D eigenvalue weighted by molar-refractivity contribution is 7.17. The van der Waals surface area contributed by atoms with Gasteiger partial charge < -0.3 is 5.11 Å². The van der Waals surface area contributed by atoms with Crippen molar-refractivity contribution in [2.75, 3.05) is 0 Å². The molecule has 3 aromatic rings. The molecule has 0 aliphatic heterocycles. The van der Waals surface area contributed by atoms with Gasteiger partial charge in [0.05, 0.1) is 11.2 Å². The molecular weight excluding hydrogens is 238 g/mol. The molecule has 0 saturated heterocycles. The normalized spacial score (nSPS) is 13.1. The lowest BCUT2D eigenvalue weighted by molar-refractivity contribution is 0.218. The van der Waals surface area contributed by atoms with Crippen molar-refractivity contribution in [2.45, 2.75) is 6.10 Å². The first-order valence-electron chi connectivity index (χ1n) is 4.88. The van der Waals surface area contributed by atoms with Gasteiger partial charge in [-0.3, -0.25) is 0 Å². The first-order chi connectivity index (χ1) is 7.86. The number of hydrogen-bond donors (Lipinski definition) is 1. The summed E-state index contributed by atoms with van der Waals surface area (Å²) in [6.45, 7) is 0. The molecule has 1 unspecified atom stereocenters. The highest BCUT2D eigenvalue weighted by atomic mass is 32.1. The number of fused-ring (bicyclic) bond motifs is 1. The van der Waals surface area contributed by atoms with E-state index in [9.17, 15) is 5.11 Å². The first kappa shape index (κ1) is 9.96. The Morgan fingerprint density at radius 3 is 3.00 bits per heavy atom. The molecule has 1 atom stereocenters. The number of benzene rings is 1. The van der Waals surface area contributed by atoms with Gasteiger partial charge in [-0.25, -0.2) is 4.98 Å². The summed E-state index contributed by atoms with van der Waals surface area (Å²) in [5.41, 5.74) is 3.41. The zero-order valence-electron chi connectivity index (χ0n) is 8.33. The zero-order valence-corrected chi connectivity index (χ0v) is 9.96. The predicted molar refractivity (Wildman–Crippen MR) is 68.0 cm³/mol. The summed E-state index contributed by atoms with van der Waals surface area (Å²) < 4.78 is 1.14. The number of aliphatic hydroxyl groups excluding tert-OH is 1. The van der Waals surface area contributed by atoms with Crippen molar-refractivity contribution in [2.24, 2.45) is 0 Å². The third-order valence-electron chi connectivity index (χ3n) is 2.54. The van der Waals surface area contributed by atoms with Gasteiger partial charge in [0.15, 0.2) is 0 Å². The minimum Gasteiger partial charge on any atom is -0.382 e. The second kappa shape index (κ2) is 3.97. The molecule has 0 saturated carbocycles. The second-order valence-electron chi connectivity index (χ2n) is 3.50. The molecule has 4 heteroatoms. The lowest BCUT2D eigenvalue weighted by atomic mass is 10.1. The molecule has 16 heavy (non-hydrogen) atoms. The topological polar surface area (TPSA) is 33.1 Å². The maximum absolute atomic E-state index is 10.2. The van der Waals surface area contributed by atoms with Crippen molar-refractivity contribution in [1.29, 1.82) is 0 Å². The molecule has 80 valence electrons. The summed E-state index contributed by atoms with van der Waals surface area (Å²) in [5.74, 6) is 0. The van der Waals surface area contributed by atoms with E-state index >= 15 is 0 Å². The van der Waals surface area contributed by atoms with Crippen LogP contribution < -0.4 is 0 Å². The molecule has 0 fully saturated rings. The van der Waals surface area contributed by atoms with Crippen molar-refractivity contribution in [3.63, 3.8) is 0 Å². The maximum Gasteiger partial charge on any atom is 0.123 e. The predicted octanol–water partition coefficient (Wildman–Crippen LogP) is 3.44. The summed E-state index contributed by atoms with van der Waals surface area (Å²) in [5, 5.41) is 15.4. The number of thiazole rings is 1. The van der Waals surface area contributed by atoms with E-state index in [-0.39, 0.29) is 0 Å². The van der Waals surface area contributed by atoms with Crippen LogP contribution in [0.5, 0.6) is 0 Å². The summed E-state index contributed by atoms with van der Waals surface area (Å²) >= 11 is 3.16. The van der Waals surface area contributed by atoms with Crippen molar-refractivity contribution < 1.29 is 5.11 Å². The van der Waals surface area contributed by atoms with E-state index in [1.165, 1.54) is 16.7 Å². The highest BCUT2D eigenvalue weighted by Crippen LogP contribution is 2.31. The van der Waals surface area contributed by atoms with Gasteiger partial charge in [0.1, 0.15) is 6.10 Å². The smallest absolute Gasteiger partial charge is 0.123 e. The number of hydrogen-bond acceptors (Lipinski definition) is 4. The van der Waals surface area contributed by atoms with Crippen molar-refractivity contribution in [3.8, 4) is 0 Å². The molecule has 0 aliphatic carbocycles. The van der Waals surface area contributed by atoms with E-state index in [0.29, 0.717) is 0 Å². The monoisotopic (exact) mass is 247 g/mol. The van der Waals surface area contributed by atoms with E-state index in [1.807, 2.05) is 22.9 Å². The molecule has 0 bridgehead atoms. The summed E-state index contributed by atoms with van der Waals surface area (Å²) in [4.78, 5) is 4.16. The Bertz CT molecular complexity index is 600. The number of aromatic nitrogens is 1. The molecular formula is C12H9NOS2. The Morgan fingerprint density at radius 2 is 2.19 bits per heavy atom. The summed E-state index contributed by atoms with van der Waals surface area (Å²) in [6.07, 6.45) is -0.617. The third-order valence-corrected chi connectivity index (χ3v) is 4.12. The summed E-state index contributed by atoms with van der Waals surface area (Å²) in [6, 6.07) is 8.06. The van der Waals surface area contributed by atoms with Crippen LogP contribution in [-0.2, 0) is 0 Å². The Labute approximate surface area is 101 Å². The average Bonchev–Trinajstić information content (AvgIpc) is 2.98. The number of rotatable bonds is 2. The average molecular weight is 247 g/mol. The Kier molecular flexibility index (Phi) is 2.47. The molecule has 3 rings (SSSR count). The molecule has 2 nitrogen and oxygen atoms in total. The minimum absolute atomic E-state index is 0.617. The van der Waals surface area contributed by atoms with Crippen molar-refractivity contribution in [3.05, 3.63) is 51.8 Å². The van der Waals surface area contributed by atoms with Crippen LogP contribution in [0.1, 0.15) is 17.4 Å². The van der Waals surface area contributed by atoms with Crippen LogP contribution in [0, 0.1) is 0 Å². The number of nitrogens with zero attached hydrogens (tertiary/aromatic N) is 1. The fraction of sp³-hybridized carbons (Fsp3) is 0.0833. The van der Waals surface area contributed by atoms with Crippen LogP contribution in [0.25, 0.3) is 10.1 Å². The molecule has 0 spiro atoms. The van der Waals surface area contributed by atoms with E-state index in [2.05, 4.69) is 17.1 Å². The van der Waals surface area contributed by atoms with Gasteiger partial charge >= 0.3 is 0 Å². The third kappa shape index (κ3) is 1.55. The van der Waals surface area contributed by atoms with Crippen LogP contribution >= 0.6 is 22.7 Å². The van der Waals surface area contributed by atoms with Gasteiger partial charge in [0.25, 0.3) is 0 Å². The fourth-order valence-electron chi connectivity index (χ4n) is 1.75. The lowest BCUT2D eigenvalue weighted by Crippen LogP contribution is -1.99. The van der Waals surface area contributed by atoms with Gasteiger partial charge in [-0.05, 0) is 16.8 Å². The Balaban J connectivity index is 2.15. The quantitative estimate of drug-likeness (QED) is 0.752.